The maximum absolute atomic E-state index is 4.72. The number of thiocarbonyl (C=S) groups is 1. The third kappa shape index (κ3) is 2.53. The van der Waals surface area contributed by atoms with Crippen molar-refractivity contribution < 1.29 is 4.84 Å². The first kappa shape index (κ1) is 6.85. The summed E-state index contributed by atoms with van der Waals surface area (Å²) in [6, 6.07) is 0. The monoisotopic (exact) mass is 119 g/mol. The van der Waals surface area contributed by atoms with E-state index in [1.165, 1.54) is 5.49 Å². The van der Waals surface area contributed by atoms with Crippen molar-refractivity contribution in [2.45, 2.75) is 6.92 Å². The summed E-state index contributed by atoms with van der Waals surface area (Å²) >= 11 is 4.55. The lowest BCUT2D eigenvalue weighted by Crippen LogP contribution is -2.17. The van der Waals surface area contributed by atoms with Crippen molar-refractivity contribution in [1.82, 2.24) is 5.06 Å². The second-order valence-corrected chi connectivity index (χ2v) is 1.23. The molecule has 0 spiro atoms. The molecule has 0 aliphatic heterocycles. The number of hydrogen-bond acceptors (Lipinski definition) is 2. The summed E-state index contributed by atoms with van der Waals surface area (Å²) in [4.78, 5) is 4.72. The highest BCUT2D eigenvalue weighted by Gasteiger charge is 1.85. The summed E-state index contributed by atoms with van der Waals surface area (Å²) < 4.78 is 0. The average Bonchev–Trinajstić information content (AvgIpc) is 1.72. The van der Waals surface area contributed by atoms with Gasteiger partial charge in [-0.3, -0.25) is 9.90 Å². The lowest BCUT2D eigenvalue weighted by Gasteiger charge is -2.10. The first-order valence-electron chi connectivity index (χ1n) is 2.11. The van der Waals surface area contributed by atoms with Crippen molar-refractivity contribution in [3.05, 3.63) is 0 Å². The lowest BCUT2D eigenvalue weighted by molar-refractivity contribution is -0.0529. The molecular weight excluding hydrogens is 110 g/mol. The fraction of sp³-hybridized carbons (Fsp3) is 0.750. The quantitative estimate of drug-likeness (QED) is 0.403. The van der Waals surface area contributed by atoms with Crippen molar-refractivity contribution >= 4 is 17.7 Å². The number of hydroxylamine groups is 2. The molecule has 42 valence electrons. The number of rotatable bonds is 3. The molecule has 0 heterocycles. The predicted octanol–water partition coefficient (Wildman–Crippen LogP) is 0.827. The van der Waals surface area contributed by atoms with Gasteiger partial charge in [0.25, 0.3) is 0 Å². The van der Waals surface area contributed by atoms with E-state index in [1.54, 1.807) is 12.2 Å². The lowest BCUT2D eigenvalue weighted by atomic mass is 10.8. The molecule has 3 heteroatoms. The van der Waals surface area contributed by atoms with Crippen LogP contribution in [0.3, 0.4) is 0 Å². The molecule has 0 aromatic heterocycles. The molecule has 0 radical (unpaired) electrons. The van der Waals surface area contributed by atoms with Crippen LogP contribution in [0.4, 0.5) is 0 Å². The molecular formula is C4H9NOS. The van der Waals surface area contributed by atoms with Crippen LogP contribution in [0.1, 0.15) is 6.92 Å². The van der Waals surface area contributed by atoms with Gasteiger partial charge < -0.3 is 0 Å². The van der Waals surface area contributed by atoms with Crippen molar-refractivity contribution in [2.24, 2.45) is 0 Å². The summed E-state index contributed by atoms with van der Waals surface area (Å²) in [5.41, 5.74) is 1.47. The maximum atomic E-state index is 4.72. The number of nitrogens with zero attached hydrogens (tertiary/aromatic N) is 1. The summed E-state index contributed by atoms with van der Waals surface area (Å²) in [6.07, 6.45) is 0. The first-order valence-corrected chi connectivity index (χ1v) is 2.58. The first-order chi connectivity index (χ1) is 3.35. The van der Waals surface area contributed by atoms with E-state index in [9.17, 15) is 0 Å². The Morgan fingerprint density at radius 2 is 2.43 bits per heavy atom. The zero-order valence-corrected chi connectivity index (χ0v) is 5.36. The van der Waals surface area contributed by atoms with Crippen LogP contribution in [0.15, 0.2) is 0 Å². The van der Waals surface area contributed by atoms with Crippen LogP contribution in [0.5, 0.6) is 0 Å². The minimum Gasteiger partial charge on any atom is -0.277 e. The molecule has 0 rings (SSSR count). The van der Waals surface area contributed by atoms with Crippen molar-refractivity contribution in [1.29, 1.82) is 0 Å². The molecule has 0 aliphatic rings. The van der Waals surface area contributed by atoms with Gasteiger partial charge in [-0.2, -0.15) is 0 Å². The van der Waals surface area contributed by atoms with Crippen LogP contribution in [0.25, 0.3) is 0 Å². The molecule has 0 aromatic rings. The summed E-state index contributed by atoms with van der Waals surface area (Å²) in [7, 11) is 1.59. The van der Waals surface area contributed by atoms with Gasteiger partial charge in [0.1, 0.15) is 0 Å². The molecule has 0 N–H and O–H groups in total. The second kappa shape index (κ2) is 4.02. The highest BCUT2D eigenvalue weighted by atomic mass is 32.1. The third-order valence-corrected chi connectivity index (χ3v) is 0.899. The van der Waals surface area contributed by atoms with Crippen molar-refractivity contribution in [2.75, 3.05) is 13.7 Å². The van der Waals surface area contributed by atoms with Crippen LogP contribution in [-0.2, 0) is 4.84 Å². The molecule has 0 unspecified atom stereocenters. The van der Waals surface area contributed by atoms with Crippen LogP contribution in [0, 0.1) is 0 Å². The fourth-order valence-corrected chi connectivity index (χ4v) is 0.482. The summed E-state index contributed by atoms with van der Waals surface area (Å²) in [5.74, 6) is 0. The minimum absolute atomic E-state index is 0.806. The Kier molecular flexibility index (Phi) is 3.93. The largest absolute Gasteiger partial charge is 0.277 e. The van der Waals surface area contributed by atoms with Gasteiger partial charge in [-0.1, -0.05) is 12.2 Å². The molecule has 0 aromatic carbocycles. The average molecular weight is 119 g/mol. The Morgan fingerprint density at radius 3 is 2.43 bits per heavy atom. The topological polar surface area (TPSA) is 12.5 Å². The molecule has 0 atom stereocenters. The Hall–Kier alpha value is -0.150. The van der Waals surface area contributed by atoms with Gasteiger partial charge in [0.2, 0.25) is 0 Å². The Balaban J connectivity index is 3.16. The van der Waals surface area contributed by atoms with Gasteiger partial charge in [0.05, 0.1) is 12.6 Å². The zero-order chi connectivity index (χ0) is 5.70. The van der Waals surface area contributed by atoms with Crippen molar-refractivity contribution in [3.8, 4) is 0 Å². The molecule has 0 bridgehead atoms. The summed E-state index contributed by atoms with van der Waals surface area (Å²) in [6.45, 7) is 2.77. The highest BCUT2D eigenvalue weighted by molar-refractivity contribution is 7.78. The van der Waals surface area contributed by atoms with Crippen LogP contribution in [0.2, 0.25) is 0 Å². The Morgan fingerprint density at radius 1 is 1.86 bits per heavy atom. The van der Waals surface area contributed by atoms with E-state index in [0.717, 1.165) is 6.54 Å². The molecule has 7 heavy (non-hydrogen) atoms. The van der Waals surface area contributed by atoms with Gasteiger partial charge in [0.15, 0.2) is 0 Å². The predicted molar refractivity (Wildman–Crippen MR) is 33.0 cm³/mol. The van der Waals surface area contributed by atoms with Crippen molar-refractivity contribution in [3.63, 3.8) is 0 Å². The van der Waals surface area contributed by atoms with Gasteiger partial charge in [-0.05, 0) is 6.92 Å². The molecule has 0 amide bonds. The van der Waals surface area contributed by atoms with E-state index in [2.05, 4.69) is 12.2 Å². The van der Waals surface area contributed by atoms with Crippen LogP contribution in [-0.4, -0.2) is 24.2 Å². The Labute approximate surface area is 49.0 Å². The second-order valence-electron chi connectivity index (χ2n) is 1.02. The standard InChI is InChI=1S/C4H9NOS/c1-3-5(4-7)6-2/h4H,3H2,1-2H3. The minimum atomic E-state index is 0.806. The maximum Gasteiger partial charge on any atom is 0.0904 e. The normalized spacial score (nSPS) is 8.29. The van der Waals surface area contributed by atoms with Crippen LogP contribution >= 0.6 is 12.2 Å². The van der Waals surface area contributed by atoms with E-state index in [-0.39, 0.29) is 0 Å². The third-order valence-electron chi connectivity index (χ3n) is 0.664. The molecule has 0 aliphatic carbocycles. The SMILES string of the molecule is CCN(C=S)OC. The van der Waals surface area contributed by atoms with E-state index in [0.29, 0.717) is 0 Å². The zero-order valence-electron chi connectivity index (χ0n) is 4.55. The fourth-order valence-electron chi connectivity index (χ4n) is 0.247. The van der Waals surface area contributed by atoms with E-state index < -0.39 is 0 Å². The van der Waals surface area contributed by atoms with Gasteiger partial charge >= 0.3 is 0 Å². The molecule has 0 saturated heterocycles. The van der Waals surface area contributed by atoms with E-state index in [1.807, 2.05) is 6.92 Å². The smallest absolute Gasteiger partial charge is 0.0904 e. The molecule has 0 fully saturated rings. The van der Waals surface area contributed by atoms with E-state index >= 15 is 0 Å². The molecule has 0 saturated carbocycles. The van der Waals surface area contributed by atoms with Gasteiger partial charge in [-0.15, -0.1) is 0 Å². The van der Waals surface area contributed by atoms with Gasteiger partial charge in [-0.25, -0.2) is 0 Å². The number of hydrogen-bond donors (Lipinski definition) is 0. The molecule has 2 nitrogen and oxygen atoms in total. The summed E-state index contributed by atoms with van der Waals surface area (Å²) in [5, 5.41) is 1.56. The van der Waals surface area contributed by atoms with Gasteiger partial charge in [0, 0.05) is 6.54 Å². The Bertz CT molecular complexity index is 53.7. The van der Waals surface area contributed by atoms with E-state index in [4.69, 9.17) is 4.84 Å². The highest BCUT2D eigenvalue weighted by Crippen LogP contribution is 1.78. The van der Waals surface area contributed by atoms with Crippen LogP contribution < -0.4 is 0 Å².